The van der Waals surface area contributed by atoms with Gasteiger partial charge in [0.2, 0.25) is 10.0 Å². The number of nitro benzene ring substituents is 1. The molecule has 1 heterocycles. The summed E-state index contributed by atoms with van der Waals surface area (Å²) in [4.78, 5) is 23.7. The Morgan fingerprint density at radius 1 is 1.07 bits per heavy atom. The van der Waals surface area contributed by atoms with E-state index in [9.17, 15) is 23.3 Å². The summed E-state index contributed by atoms with van der Waals surface area (Å²) < 4.78 is 32.2. The fourth-order valence-electron chi connectivity index (χ4n) is 3.22. The lowest BCUT2D eigenvalue weighted by atomic mass is 10.1. The predicted molar refractivity (Wildman–Crippen MR) is 107 cm³/mol. The number of anilines is 1. The normalized spacial score (nSPS) is 15.2. The summed E-state index contributed by atoms with van der Waals surface area (Å²) >= 11 is 0. The van der Waals surface area contributed by atoms with E-state index in [-0.39, 0.29) is 29.5 Å². The predicted octanol–water partition coefficient (Wildman–Crippen LogP) is 2.32. The van der Waals surface area contributed by atoms with Gasteiger partial charge in [-0.1, -0.05) is 0 Å². The van der Waals surface area contributed by atoms with Gasteiger partial charge in [-0.2, -0.15) is 4.31 Å². The van der Waals surface area contributed by atoms with Crippen molar-refractivity contribution in [1.82, 2.24) is 4.31 Å². The summed E-state index contributed by atoms with van der Waals surface area (Å²) in [7, 11) is -2.66. The highest BCUT2D eigenvalue weighted by molar-refractivity contribution is 7.89. The highest BCUT2D eigenvalue weighted by atomic mass is 32.2. The monoisotopic (exact) mass is 419 g/mol. The fourth-order valence-corrected chi connectivity index (χ4v) is 4.78. The maximum atomic E-state index is 13.0. The van der Waals surface area contributed by atoms with Gasteiger partial charge in [-0.3, -0.25) is 14.9 Å². The Balaban J connectivity index is 1.78. The Labute approximate surface area is 168 Å². The first-order valence-electron chi connectivity index (χ1n) is 8.92. The van der Waals surface area contributed by atoms with Crippen molar-refractivity contribution >= 4 is 27.2 Å². The highest BCUT2D eigenvalue weighted by Crippen LogP contribution is 2.31. The molecule has 154 valence electrons. The summed E-state index contributed by atoms with van der Waals surface area (Å²) in [6.07, 6.45) is 0. The van der Waals surface area contributed by atoms with Crippen molar-refractivity contribution in [3.8, 4) is 5.75 Å². The Kier molecular flexibility index (Phi) is 5.85. The van der Waals surface area contributed by atoms with Crippen LogP contribution in [0.1, 0.15) is 17.3 Å². The van der Waals surface area contributed by atoms with Crippen molar-refractivity contribution in [2.75, 3.05) is 38.2 Å². The van der Waals surface area contributed by atoms with E-state index in [4.69, 9.17) is 4.74 Å². The van der Waals surface area contributed by atoms with Crippen LogP contribution in [-0.2, 0) is 10.0 Å². The molecule has 0 aromatic heterocycles. The van der Waals surface area contributed by atoms with Gasteiger partial charge >= 0.3 is 0 Å². The van der Waals surface area contributed by atoms with Crippen molar-refractivity contribution in [2.45, 2.75) is 11.8 Å². The number of hydrogen-bond donors (Lipinski definition) is 0. The summed E-state index contributed by atoms with van der Waals surface area (Å²) in [5.41, 5.74) is 0.996. The molecule has 1 fully saturated rings. The number of ketones is 1. The van der Waals surface area contributed by atoms with Crippen LogP contribution in [-0.4, -0.2) is 56.7 Å². The second-order valence-corrected chi connectivity index (χ2v) is 8.49. The zero-order valence-electron chi connectivity index (χ0n) is 16.1. The molecule has 0 spiro atoms. The molecular weight excluding hydrogens is 398 g/mol. The van der Waals surface area contributed by atoms with Crippen LogP contribution in [0, 0.1) is 10.1 Å². The Bertz CT molecular complexity index is 1030. The summed E-state index contributed by atoms with van der Waals surface area (Å²) in [6, 6.07) is 10.8. The van der Waals surface area contributed by atoms with Crippen LogP contribution in [0.4, 0.5) is 11.4 Å². The van der Waals surface area contributed by atoms with Crippen LogP contribution in [0.15, 0.2) is 47.4 Å². The van der Waals surface area contributed by atoms with E-state index in [1.165, 1.54) is 30.5 Å². The molecule has 29 heavy (non-hydrogen) atoms. The Morgan fingerprint density at radius 2 is 1.69 bits per heavy atom. The first-order valence-corrected chi connectivity index (χ1v) is 10.4. The molecule has 0 atom stereocenters. The average molecular weight is 419 g/mol. The maximum Gasteiger partial charge on any atom is 0.293 e. The largest absolute Gasteiger partial charge is 0.497 e. The molecule has 0 saturated carbocycles. The van der Waals surface area contributed by atoms with Gasteiger partial charge in [0.25, 0.3) is 5.69 Å². The molecule has 3 rings (SSSR count). The van der Waals surface area contributed by atoms with E-state index < -0.39 is 20.6 Å². The quantitative estimate of drug-likeness (QED) is 0.401. The minimum atomic E-state index is -4.02. The van der Waals surface area contributed by atoms with Gasteiger partial charge in [0.05, 0.1) is 18.1 Å². The lowest BCUT2D eigenvalue weighted by Gasteiger charge is -2.35. The maximum absolute atomic E-state index is 13.0. The fraction of sp³-hybridized carbons (Fsp3) is 0.316. The van der Waals surface area contributed by atoms with Crippen LogP contribution in [0.2, 0.25) is 0 Å². The third-order valence-corrected chi connectivity index (χ3v) is 6.80. The second kappa shape index (κ2) is 8.18. The number of hydrogen-bond acceptors (Lipinski definition) is 7. The molecule has 9 nitrogen and oxygen atoms in total. The molecule has 0 amide bonds. The summed E-state index contributed by atoms with van der Waals surface area (Å²) in [5, 5.41) is 11.4. The minimum absolute atomic E-state index is 0.0199. The molecule has 0 unspecified atom stereocenters. The van der Waals surface area contributed by atoms with E-state index in [1.807, 2.05) is 17.0 Å². The number of ether oxygens (including phenoxy) is 1. The van der Waals surface area contributed by atoms with E-state index in [0.29, 0.717) is 18.7 Å². The number of nitrogens with zero attached hydrogens (tertiary/aromatic N) is 3. The van der Waals surface area contributed by atoms with Crippen LogP contribution in [0.25, 0.3) is 0 Å². The molecule has 1 aliphatic heterocycles. The molecule has 1 aliphatic rings. The van der Waals surface area contributed by atoms with Crippen molar-refractivity contribution in [3.63, 3.8) is 0 Å². The first-order chi connectivity index (χ1) is 13.7. The molecular formula is C19H21N3O6S. The number of methoxy groups -OCH3 is 1. The third-order valence-electron chi connectivity index (χ3n) is 4.86. The minimum Gasteiger partial charge on any atom is -0.497 e. The number of carbonyl (C=O) groups is 1. The van der Waals surface area contributed by atoms with Crippen molar-refractivity contribution in [1.29, 1.82) is 0 Å². The van der Waals surface area contributed by atoms with E-state index in [0.717, 1.165) is 11.8 Å². The van der Waals surface area contributed by atoms with Gasteiger partial charge in [-0.15, -0.1) is 0 Å². The summed E-state index contributed by atoms with van der Waals surface area (Å²) in [5.74, 6) is 0.197. The summed E-state index contributed by atoms with van der Waals surface area (Å²) in [6.45, 7) is 2.75. The molecule has 0 N–H and O–H groups in total. The smallest absolute Gasteiger partial charge is 0.293 e. The number of benzene rings is 2. The van der Waals surface area contributed by atoms with Crippen LogP contribution in [0.3, 0.4) is 0 Å². The molecule has 0 aliphatic carbocycles. The number of nitro groups is 1. The zero-order chi connectivity index (χ0) is 21.2. The molecule has 10 heteroatoms. The number of piperazine rings is 1. The number of Topliss-reactive ketones (excluding diaryl/α,β-unsaturated/α-hetero) is 1. The van der Waals surface area contributed by atoms with Crippen molar-refractivity contribution in [3.05, 3.63) is 58.1 Å². The number of rotatable bonds is 6. The number of carbonyl (C=O) groups excluding carboxylic acids is 1. The molecule has 2 aromatic carbocycles. The topological polar surface area (TPSA) is 110 Å². The lowest BCUT2D eigenvalue weighted by molar-refractivity contribution is -0.387. The highest BCUT2D eigenvalue weighted by Gasteiger charge is 2.34. The second-order valence-electron chi connectivity index (χ2n) is 6.58. The van der Waals surface area contributed by atoms with Gasteiger partial charge in [0, 0.05) is 37.4 Å². The average Bonchev–Trinajstić information content (AvgIpc) is 2.73. The molecule has 0 bridgehead atoms. The van der Waals surface area contributed by atoms with Crippen molar-refractivity contribution < 1.29 is 22.9 Å². The van der Waals surface area contributed by atoms with E-state index in [1.54, 1.807) is 12.1 Å². The lowest BCUT2D eigenvalue weighted by Crippen LogP contribution is -2.48. The molecule has 1 saturated heterocycles. The van der Waals surface area contributed by atoms with Gasteiger partial charge in [-0.05, 0) is 43.3 Å². The van der Waals surface area contributed by atoms with Gasteiger partial charge in [-0.25, -0.2) is 8.42 Å². The molecule has 0 radical (unpaired) electrons. The van der Waals surface area contributed by atoms with Gasteiger partial charge in [0.1, 0.15) is 5.75 Å². The SMILES string of the molecule is COc1ccc(S(=O)(=O)N2CCN(c3ccc(C(C)=O)cc3)CC2)c([N+](=O)[O-])c1. The van der Waals surface area contributed by atoms with E-state index in [2.05, 4.69) is 0 Å². The van der Waals surface area contributed by atoms with Gasteiger partial charge in [0.15, 0.2) is 10.7 Å². The van der Waals surface area contributed by atoms with Crippen LogP contribution >= 0.6 is 0 Å². The van der Waals surface area contributed by atoms with E-state index >= 15 is 0 Å². The van der Waals surface area contributed by atoms with Crippen LogP contribution in [0.5, 0.6) is 5.75 Å². The van der Waals surface area contributed by atoms with Crippen molar-refractivity contribution in [2.24, 2.45) is 0 Å². The van der Waals surface area contributed by atoms with Crippen LogP contribution < -0.4 is 9.64 Å². The standard InChI is InChI=1S/C19H21N3O6S/c1-14(23)15-3-5-16(6-4-15)20-9-11-21(12-10-20)29(26,27)19-8-7-17(28-2)13-18(19)22(24)25/h3-8,13H,9-12H2,1-2H3. The molecule has 2 aromatic rings. The first kappa shape index (κ1) is 20.7. The Morgan fingerprint density at radius 3 is 2.21 bits per heavy atom. The van der Waals surface area contributed by atoms with Gasteiger partial charge < -0.3 is 9.64 Å². The zero-order valence-corrected chi connectivity index (χ0v) is 16.9. The Hall–Kier alpha value is -2.98. The third kappa shape index (κ3) is 4.22. The number of sulfonamides is 1.